The molecule has 0 bridgehead atoms. The molecule has 1 nitrogen and oxygen atoms in total. The average Bonchev–Trinajstić information content (AvgIpc) is 1.37. The molecule has 3 heteroatoms. The molecule has 0 N–H and O–H groups in total. The molecular formula is C3H7FKO-. The molecule has 0 heterocycles. The summed E-state index contributed by atoms with van der Waals surface area (Å²) in [6, 6.07) is 0. The Morgan fingerprint density at radius 3 is 1.67 bits per heavy atom. The van der Waals surface area contributed by atoms with Crippen molar-refractivity contribution in [3.63, 3.8) is 0 Å². The van der Waals surface area contributed by atoms with Crippen molar-refractivity contribution in [3.8, 4) is 0 Å². The molecule has 0 aliphatic rings. The molecule has 0 saturated heterocycles. The summed E-state index contributed by atoms with van der Waals surface area (Å²) in [4.78, 5) is 0. The van der Waals surface area contributed by atoms with Crippen LogP contribution >= 0.6 is 0 Å². The first kappa shape index (κ1) is 15.6. The van der Waals surface area contributed by atoms with E-state index < -0.39 is 0 Å². The third-order valence-electron chi connectivity index (χ3n) is 0.204. The van der Waals surface area contributed by atoms with Crippen LogP contribution in [0.2, 0.25) is 0 Å². The van der Waals surface area contributed by atoms with Crippen molar-refractivity contribution in [1.29, 1.82) is 0 Å². The zero-order valence-corrected chi connectivity index (χ0v) is 7.32. The van der Waals surface area contributed by atoms with Crippen LogP contribution in [-0.2, 0) is 0 Å². The average molecular weight is 117 g/mol. The van der Waals surface area contributed by atoms with Gasteiger partial charge >= 0.3 is 51.4 Å². The van der Waals surface area contributed by atoms with Crippen LogP contribution in [0.3, 0.4) is 0 Å². The zero-order valence-electron chi connectivity index (χ0n) is 4.20. The second-order valence-corrected chi connectivity index (χ2v) is 0.704. The van der Waals surface area contributed by atoms with Crippen molar-refractivity contribution in [2.75, 3.05) is 6.61 Å². The number of hydrogen-bond donors (Lipinski definition) is 0. The fourth-order valence-corrected chi connectivity index (χ4v) is 0. The van der Waals surface area contributed by atoms with Gasteiger partial charge in [0.15, 0.2) is 0 Å². The third-order valence-corrected chi connectivity index (χ3v) is 0.204. The van der Waals surface area contributed by atoms with E-state index in [0.29, 0.717) is 0 Å². The van der Waals surface area contributed by atoms with Gasteiger partial charge in [-0.1, -0.05) is 13.3 Å². The van der Waals surface area contributed by atoms with E-state index in [-0.39, 0.29) is 62.7 Å². The van der Waals surface area contributed by atoms with E-state index >= 15 is 0 Å². The predicted octanol–water partition coefficient (Wildman–Crippen LogP) is -6.24. The molecule has 0 unspecified atom stereocenters. The van der Waals surface area contributed by atoms with Gasteiger partial charge in [-0.05, 0) is 0 Å². The Hall–Kier alpha value is 1.53. The molecule has 0 saturated carbocycles. The first-order valence-electron chi connectivity index (χ1n) is 1.50. The van der Waals surface area contributed by atoms with Gasteiger partial charge in [0.25, 0.3) is 0 Å². The Kier molecular flexibility index (Phi) is 41.8. The molecule has 0 aromatic rings. The molecule has 0 aliphatic carbocycles. The molecule has 0 radical (unpaired) electrons. The van der Waals surface area contributed by atoms with Crippen molar-refractivity contribution in [2.45, 2.75) is 13.3 Å². The Labute approximate surface area is 79.9 Å². The van der Waals surface area contributed by atoms with Gasteiger partial charge < -0.3 is 9.81 Å². The minimum atomic E-state index is 0. The van der Waals surface area contributed by atoms with Gasteiger partial charge in [-0.25, -0.2) is 0 Å². The van der Waals surface area contributed by atoms with Gasteiger partial charge in [0.2, 0.25) is 0 Å². The largest absolute Gasteiger partial charge is 1.00 e. The Morgan fingerprint density at radius 2 is 1.67 bits per heavy atom. The molecule has 0 fully saturated rings. The van der Waals surface area contributed by atoms with Gasteiger partial charge in [-0.3, -0.25) is 0 Å². The maximum atomic E-state index is 9.30. The van der Waals surface area contributed by atoms with Crippen LogP contribution in [0.15, 0.2) is 0 Å². The van der Waals surface area contributed by atoms with Crippen molar-refractivity contribution in [1.82, 2.24) is 0 Å². The summed E-state index contributed by atoms with van der Waals surface area (Å²) in [6.07, 6.45) is 0.764. The monoisotopic (exact) mass is 117 g/mol. The summed E-state index contributed by atoms with van der Waals surface area (Å²) >= 11 is 0. The second kappa shape index (κ2) is 16.0. The predicted molar refractivity (Wildman–Crippen MR) is 15.2 cm³/mol. The number of rotatable bonds is 1. The van der Waals surface area contributed by atoms with Crippen molar-refractivity contribution >= 4 is 0 Å². The molecular weight excluding hydrogens is 110 g/mol. The second-order valence-electron chi connectivity index (χ2n) is 0.704. The zero-order chi connectivity index (χ0) is 3.41. The first-order chi connectivity index (χ1) is 1.91. The Bertz CT molecular complexity index is 12.8. The topological polar surface area (TPSA) is 23.1 Å². The van der Waals surface area contributed by atoms with E-state index in [1.165, 1.54) is 0 Å². The van der Waals surface area contributed by atoms with Crippen molar-refractivity contribution < 1.29 is 61.2 Å². The van der Waals surface area contributed by atoms with E-state index in [4.69, 9.17) is 0 Å². The summed E-state index contributed by atoms with van der Waals surface area (Å²) in [6.45, 7) is 1.94. The summed E-state index contributed by atoms with van der Waals surface area (Å²) in [5.41, 5.74) is 0. The third kappa shape index (κ3) is 17.7. The van der Waals surface area contributed by atoms with E-state index in [1.807, 2.05) is 6.92 Å². The molecule has 34 valence electrons. The molecule has 0 aliphatic heterocycles. The summed E-state index contributed by atoms with van der Waals surface area (Å²) < 4.78 is 0. The molecule has 0 rings (SSSR count). The fraction of sp³-hybridized carbons (Fsp3) is 1.00. The van der Waals surface area contributed by atoms with Gasteiger partial charge in [0.05, 0.1) is 0 Å². The minimum absolute atomic E-state index is 0. The van der Waals surface area contributed by atoms with E-state index in [2.05, 4.69) is 0 Å². The molecule has 0 spiro atoms. The fourth-order valence-electron chi connectivity index (χ4n) is 0. The quantitative estimate of drug-likeness (QED) is 0.313. The van der Waals surface area contributed by atoms with Crippen LogP contribution < -0.4 is 61.2 Å². The summed E-state index contributed by atoms with van der Waals surface area (Å²) in [5.74, 6) is 0. The van der Waals surface area contributed by atoms with Crippen molar-refractivity contribution in [3.05, 3.63) is 0 Å². The van der Waals surface area contributed by atoms with Gasteiger partial charge in [-0.15, -0.1) is 6.61 Å². The van der Waals surface area contributed by atoms with Crippen LogP contribution in [0.1, 0.15) is 13.3 Å². The number of halogens is 1. The molecule has 0 aromatic heterocycles. The van der Waals surface area contributed by atoms with Crippen molar-refractivity contribution in [2.24, 2.45) is 0 Å². The maximum absolute atomic E-state index is 9.30. The van der Waals surface area contributed by atoms with Crippen LogP contribution in [0.5, 0.6) is 0 Å². The van der Waals surface area contributed by atoms with Gasteiger partial charge in [-0.2, -0.15) is 0 Å². The van der Waals surface area contributed by atoms with E-state index in [9.17, 15) is 5.11 Å². The van der Waals surface area contributed by atoms with E-state index in [1.54, 1.807) is 0 Å². The SMILES string of the molecule is CCC[O-].[F-].[K+]. The van der Waals surface area contributed by atoms with Crippen LogP contribution in [0.25, 0.3) is 0 Å². The molecule has 6 heavy (non-hydrogen) atoms. The Balaban J connectivity index is -0.0000000450. The smallest absolute Gasteiger partial charge is 1.00 e. The van der Waals surface area contributed by atoms with Gasteiger partial charge in [0.1, 0.15) is 0 Å². The summed E-state index contributed by atoms with van der Waals surface area (Å²) in [5, 5.41) is 9.30. The van der Waals surface area contributed by atoms with Crippen LogP contribution in [0, 0.1) is 0 Å². The van der Waals surface area contributed by atoms with Crippen LogP contribution in [0.4, 0.5) is 0 Å². The Morgan fingerprint density at radius 1 is 1.50 bits per heavy atom. The van der Waals surface area contributed by atoms with Gasteiger partial charge in [0, 0.05) is 0 Å². The minimum Gasteiger partial charge on any atom is -1.00 e. The summed E-state index contributed by atoms with van der Waals surface area (Å²) in [7, 11) is 0. The maximum Gasteiger partial charge on any atom is 1.00 e. The molecule has 0 atom stereocenters. The van der Waals surface area contributed by atoms with E-state index in [0.717, 1.165) is 6.42 Å². The number of hydrogen-bond acceptors (Lipinski definition) is 1. The normalized spacial score (nSPS) is 5.00. The van der Waals surface area contributed by atoms with Crippen LogP contribution in [-0.4, -0.2) is 6.61 Å². The molecule has 0 amide bonds. The first-order valence-corrected chi connectivity index (χ1v) is 1.50. The molecule has 0 aromatic carbocycles. The standard InChI is InChI=1S/C3H7O.FH.K/c1-2-3-4;;/h2-3H2,1H3;1H;/q-1;;+1/p-1.